The molecule has 3 rings (SSSR count). The number of rotatable bonds is 6. The summed E-state index contributed by atoms with van der Waals surface area (Å²) in [6.45, 7) is 0. The number of hydrogen-bond acceptors (Lipinski definition) is 5. The molecule has 3 aromatic rings. The normalized spacial score (nSPS) is 10.4. The molecule has 0 saturated heterocycles. The van der Waals surface area contributed by atoms with Crippen molar-refractivity contribution in [3.05, 3.63) is 93.9 Å². The minimum atomic E-state index is -0.503. The summed E-state index contributed by atoms with van der Waals surface area (Å²) in [5.74, 6) is -0.127. The lowest BCUT2D eigenvalue weighted by Crippen LogP contribution is -2.13. The zero-order chi connectivity index (χ0) is 19.2. The zero-order valence-electron chi connectivity index (χ0n) is 14.0. The lowest BCUT2D eigenvalue weighted by molar-refractivity contribution is -0.384. The predicted molar refractivity (Wildman–Crippen MR) is 101 cm³/mol. The second-order valence-corrected chi connectivity index (χ2v) is 6.49. The van der Waals surface area contributed by atoms with Crippen LogP contribution in [0.4, 0.5) is 15.8 Å². The van der Waals surface area contributed by atoms with Gasteiger partial charge in [-0.15, -0.1) is 11.8 Å². The van der Waals surface area contributed by atoms with E-state index in [9.17, 15) is 19.3 Å². The average molecular weight is 383 g/mol. The SMILES string of the molecule is O=C(Nc1ccc([N+](=O)[O-])cc1)c1cccnc1SCc1ccc(F)cc1. The highest BCUT2D eigenvalue weighted by Crippen LogP contribution is 2.25. The van der Waals surface area contributed by atoms with E-state index < -0.39 is 4.92 Å². The maximum absolute atomic E-state index is 13.0. The maximum atomic E-state index is 13.0. The van der Waals surface area contributed by atoms with Crippen LogP contribution in [0.15, 0.2) is 71.9 Å². The van der Waals surface area contributed by atoms with Crippen molar-refractivity contribution < 1.29 is 14.1 Å². The fourth-order valence-electron chi connectivity index (χ4n) is 2.28. The van der Waals surface area contributed by atoms with E-state index in [4.69, 9.17) is 0 Å². The van der Waals surface area contributed by atoms with Gasteiger partial charge in [-0.05, 0) is 42.0 Å². The summed E-state index contributed by atoms with van der Waals surface area (Å²) in [4.78, 5) is 27.0. The molecule has 27 heavy (non-hydrogen) atoms. The van der Waals surface area contributed by atoms with Crippen LogP contribution in [-0.2, 0) is 5.75 Å². The number of benzene rings is 2. The standard InChI is InChI=1S/C19H14FN3O3S/c20-14-5-3-13(4-6-14)12-27-19-17(2-1-11-21-19)18(24)22-15-7-9-16(10-8-15)23(25)26/h1-11H,12H2,(H,22,24). The average Bonchev–Trinajstić information content (AvgIpc) is 2.68. The molecule has 1 aromatic heterocycles. The molecular formula is C19H14FN3O3S. The second-order valence-electron chi connectivity index (χ2n) is 5.53. The minimum Gasteiger partial charge on any atom is -0.322 e. The Kier molecular flexibility index (Phi) is 5.77. The highest BCUT2D eigenvalue weighted by atomic mass is 32.2. The third kappa shape index (κ3) is 4.89. The third-order valence-electron chi connectivity index (χ3n) is 3.64. The smallest absolute Gasteiger partial charge is 0.269 e. The summed E-state index contributed by atoms with van der Waals surface area (Å²) < 4.78 is 13.0. The van der Waals surface area contributed by atoms with Crippen molar-refractivity contribution in [2.75, 3.05) is 5.32 Å². The van der Waals surface area contributed by atoms with Crippen molar-refractivity contribution in [1.82, 2.24) is 4.98 Å². The molecule has 0 unspecified atom stereocenters. The van der Waals surface area contributed by atoms with Crippen LogP contribution in [0.3, 0.4) is 0 Å². The number of carbonyl (C=O) groups excluding carboxylic acids is 1. The summed E-state index contributed by atoms with van der Waals surface area (Å²) in [7, 11) is 0. The molecule has 0 saturated carbocycles. The molecule has 2 aromatic carbocycles. The Morgan fingerprint density at radius 1 is 1.11 bits per heavy atom. The molecule has 0 spiro atoms. The Hall–Kier alpha value is -3.26. The van der Waals surface area contributed by atoms with Crippen LogP contribution in [0, 0.1) is 15.9 Å². The maximum Gasteiger partial charge on any atom is 0.269 e. The molecule has 6 nitrogen and oxygen atoms in total. The van der Waals surface area contributed by atoms with Gasteiger partial charge in [-0.2, -0.15) is 0 Å². The van der Waals surface area contributed by atoms with E-state index >= 15 is 0 Å². The summed E-state index contributed by atoms with van der Waals surface area (Å²) >= 11 is 1.37. The molecule has 0 atom stereocenters. The third-order valence-corrected chi connectivity index (χ3v) is 4.72. The van der Waals surface area contributed by atoms with Crippen molar-refractivity contribution in [3.63, 3.8) is 0 Å². The number of nitro benzene ring substituents is 1. The zero-order valence-corrected chi connectivity index (χ0v) is 14.8. The van der Waals surface area contributed by atoms with Gasteiger partial charge in [0.05, 0.1) is 10.5 Å². The number of anilines is 1. The first-order valence-electron chi connectivity index (χ1n) is 7.91. The van der Waals surface area contributed by atoms with Crippen LogP contribution >= 0.6 is 11.8 Å². The summed E-state index contributed by atoms with van der Waals surface area (Å²) in [5, 5.41) is 13.9. The van der Waals surface area contributed by atoms with E-state index in [1.165, 1.54) is 48.2 Å². The van der Waals surface area contributed by atoms with Crippen molar-refractivity contribution in [2.24, 2.45) is 0 Å². The number of nitrogens with zero attached hydrogens (tertiary/aromatic N) is 2. The monoisotopic (exact) mass is 383 g/mol. The summed E-state index contributed by atoms with van der Waals surface area (Å²) in [6, 6.07) is 15.0. The molecule has 0 bridgehead atoms. The molecule has 1 N–H and O–H groups in total. The molecule has 0 fully saturated rings. The number of aromatic nitrogens is 1. The van der Waals surface area contributed by atoms with Gasteiger partial charge in [-0.3, -0.25) is 14.9 Å². The number of amides is 1. The van der Waals surface area contributed by atoms with E-state index in [0.29, 0.717) is 22.0 Å². The number of non-ortho nitro benzene ring substituents is 1. The van der Waals surface area contributed by atoms with Crippen LogP contribution in [0.1, 0.15) is 15.9 Å². The van der Waals surface area contributed by atoms with Crippen molar-refractivity contribution >= 4 is 29.0 Å². The van der Waals surface area contributed by atoms with E-state index in [0.717, 1.165) is 5.56 Å². The van der Waals surface area contributed by atoms with Crippen LogP contribution < -0.4 is 5.32 Å². The van der Waals surface area contributed by atoms with Gasteiger partial charge in [-0.25, -0.2) is 9.37 Å². The second kappa shape index (κ2) is 8.41. The van der Waals surface area contributed by atoms with Gasteiger partial charge in [0.15, 0.2) is 0 Å². The van der Waals surface area contributed by atoms with Gasteiger partial charge in [-0.1, -0.05) is 12.1 Å². The van der Waals surface area contributed by atoms with E-state index in [2.05, 4.69) is 10.3 Å². The van der Waals surface area contributed by atoms with Crippen LogP contribution in [0.2, 0.25) is 0 Å². The number of nitro groups is 1. The number of pyridine rings is 1. The Morgan fingerprint density at radius 3 is 2.48 bits per heavy atom. The molecule has 0 radical (unpaired) electrons. The van der Waals surface area contributed by atoms with Crippen LogP contribution in [-0.4, -0.2) is 15.8 Å². The van der Waals surface area contributed by atoms with E-state index in [1.54, 1.807) is 30.5 Å². The molecule has 136 valence electrons. The highest BCUT2D eigenvalue weighted by molar-refractivity contribution is 7.98. The molecule has 8 heteroatoms. The first-order valence-corrected chi connectivity index (χ1v) is 8.89. The Morgan fingerprint density at radius 2 is 1.81 bits per heavy atom. The van der Waals surface area contributed by atoms with Gasteiger partial charge in [0.1, 0.15) is 10.8 Å². The lowest BCUT2D eigenvalue weighted by atomic mass is 10.2. The quantitative estimate of drug-likeness (QED) is 0.380. The van der Waals surface area contributed by atoms with Gasteiger partial charge >= 0.3 is 0 Å². The Labute approximate surface area is 158 Å². The molecule has 0 aliphatic carbocycles. The van der Waals surface area contributed by atoms with Crippen molar-refractivity contribution in [2.45, 2.75) is 10.8 Å². The molecule has 0 aliphatic rings. The van der Waals surface area contributed by atoms with E-state index in [1.807, 2.05) is 0 Å². The fraction of sp³-hybridized carbons (Fsp3) is 0.0526. The largest absolute Gasteiger partial charge is 0.322 e. The number of hydrogen-bond donors (Lipinski definition) is 1. The Bertz CT molecular complexity index is 963. The number of nitrogens with one attached hydrogen (secondary N) is 1. The van der Waals surface area contributed by atoms with Gasteiger partial charge in [0.2, 0.25) is 0 Å². The first-order chi connectivity index (χ1) is 13.0. The highest BCUT2D eigenvalue weighted by Gasteiger charge is 2.14. The first kappa shape index (κ1) is 18.5. The number of halogens is 1. The Balaban J connectivity index is 1.71. The lowest BCUT2D eigenvalue weighted by Gasteiger charge is -2.09. The molecule has 1 amide bonds. The molecular weight excluding hydrogens is 369 g/mol. The van der Waals surface area contributed by atoms with Crippen LogP contribution in [0.5, 0.6) is 0 Å². The number of carbonyl (C=O) groups is 1. The number of thioether (sulfide) groups is 1. The minimum absolute atomic E-state index is 0.0510. The topological polar surface area (TPSA) is 85.1 Å². The summed E-state index contributed by atoms with van der Waals surface area (Å²) in [5.41, 5.74) is 1.70. The van der Waals surface area contributed by atoms with Gasteiger partial charge in [0, 0.05) is 29.8 Å². The van der Waals surface area contributed by atoms with E-state index in [-0.39, 0.29) is 17.4 Å². The molecule has 0 aliphatic heterocycles. The molecule has 1 heterocycles. The summed E-state index contributed by atoms with van der Waals surface area (Å²) in [6.07, 6.45) is 1.59. The fourth-order valence-corrected chi connectivity index (χ4v) is 3.22. The van der Waals surface area contributed by atoms with Crippen molar-refractivity contribution in [1.29, 1.82) is 0 Å². The van der Waals surface area contributed by atoms with Crippen molar-refractivity contribution in [3.8, 4) is 0 Å². The predicted octanol–water partition coefficient (Wildman–Crippen LogP) is 4.67. The van der Waals surface area contributed by atoms with Crippen LogP contribution in [0.25, 0.3) is 0 Å². The van der Waals surface area contributed by atoms with Gasteiger partial charge < -0.3 is 5.32 Å². The van der Waals surface area contributed by atoms with Gasteiger partial charge in [0.25, 0.3) is 11.6 Å².